The zero-order valence-corrected chi connectivity index (χ0v) is 12.6. The molecule has 4 nitrogen and oxygen atoms in total. The average molecular weight is 284 g/mol. The van der Waals surface area contributed by atoms with E-state index in [-0.39, 0.29) is 11.2 Å². The molecule has 0 unspecified atom stereocenters. The minimum atomic E-state index is -1.02. The van der Waals surface area contributed by atoms with Gasteiger partial charge in [0.1, 0.15) is 5.82 Å². The van der Waals surface area contributed by atoms with Crippen LogP contribution in [0.1, 0.15) is 31.3 Å². The normalized spacial score (nSPS) is 11.4. The van der Waals surface area contributed by atoms with E-state index in [1.807, 2.05) is 24.3 Å². The highest BCUT2D eigenvalue weighted by Crippen LogP contribution is 2.30. The van der Waals surface area contributed by atoms with Crippen LogP contribution < -0.4 is 4.90 Å². The number of fused-ring (bicyclic) bond motifs is 1. The minimum Gasteiger partial charge on any atom is -0.477 e. The maximum atomic E-state index is 11.3. The van der Waals surface area contributed by atoms with Crippen LogP contribution in [0.4, 0.5) is 5.82 Å². The van der Waals surface area contributed by atoms with Gasteiger partial charge in [-0.05, 0) is 32.2 Å². The molecule has 0 saturated carbocycles. The van der Waals surface area contributed by atoms with E-state index in [1.54, 1.807) is 12.1 Å². The predicted molar refractivity (Wildman–Crippen MR) is 86.0 cm³/mol. The lowest BCUT2D eigenvalue weighted by molar-refractivity contribution is 0.0690. The Labute approximate surface area is 124 Å². The second-order valence-corrected chi connectivity index (χ2v) is 5.93. The van der Waals surface area contributed by atoms with Crippen molar-refractivity contribution < 1.29 is 9.90 Å². The number of aromatic carboxylic acids is 1. The summed E-state index contributed by atoms with van der Waals surface area (Å²) in [6, 6.07) is 9.30. The first-order valence-electron chi connectivity index (χ1n) is 6.86. The summed E-state index contributed by atoms with van der Waals surface area (Å²) < 4.78 is 0. The zero-order chi connectivity index (χ0) is 15.6. The number of nitrogens with zero attached hydrogens (tertiary/aromatic N) is 2. The Morgan fingerprint density at radius 1 is 1.38 bits per heavy atom. The molecule has 1 aromatic carbocycles. The Hall–Kier alpha value is -2.36. The van der Waals surface area contributed by atoms with Crippen LogP contribution in [0.25, 0.3) is 10.8 Å². The summed E-state index contributed by atoms with van der Waals surface area (Å²) in [5.74, 6) is -0.340. The van der Waals surface area contributed by atoms with Crippen LogP contribution in [0.5, 0.6) is 0 Å². The number of pyridine rings is 1. The van der Waals surface area contributed by atoms with Crippen molar-refractivity contribution in [1.82, 2.24) is 4.98 Å². The summed E-state index contributed by atoms with van der Waals surface area (Å²) >= 11 is 0. The van der Waals surface area contributed by atoms with Crippen LogP contribution in [0.3, 0.4) is 0 Å². The van der Waals surface area contributed by atoms with Crippen molar-refractivity contribution >= 4 is 22.6 Å². The van der Waals surface area contributed by atoms with Gasteiger partial charge >= 0.3 is 5.97 Å². The number of anilines is 1. The van der Waals surface area contributed by atoms with Gasteiger partial charge in [0.05, 0.1) is 0 Å². The molecule has 4 heteroatoms. The number of hydrogen-bond acceptors (Lipinski definition) is 3. The Kier molecular flexibility index (Phi) is 3.98. The van der Waals surface area contributed by atoms with E-state index in [0.29, 0.717) is 12.4 Å². The van der Waals surface area contributed by atoms with E-state index >= 15 is 0 Å². The van der Waals surface area contributed by atoms with Gasteiger partial charge in [0.15, 0.2) is 5.69 Å². The fraction of sp³-hybridized carbons (Fsp3) is 0.294. The smallest absolute Gasteiger partial charge is 0.354 e. The summed E-state index contributed by atoms with van der Waals surface area (Å²) in [4.78, 5) is 17.8. The molecule has 0 atom stereocenters. The van der Waals surface area contributed by atoms with Gasteiger partial charge in [0.2, 0.25) is 0 Å². The summed E-state index contributed by atoms with van der Waals surface area (Å²) in [5, 5.41) is 11.1. The summed E-state index contributed by atoms with van der Waals surface area (Å²) in [6.45, 7) is 10.6. The third-order valence-corrected chi connectivity index (χ3v) is 3.32. The minimum absolute atomic E-state index is 0.0574. The molecule has 0 fully saturated rings. The highest BCUT2D eigenvalue weighted by atomic mass is 16.4. The Bertz CT molecular complexity index is 687. The molecule has 0 radical (unpaired) electrons. The average Bonchev–Trinajstić information content (AvgIpc) is 2.42. The van der Waals surface area contributed by atoms with Crippen molar-refractivity contribution in [3.63, 3.8) is 0 Å². The van der Waals surface area contributed by atoms with E-state index in [2.05, 4.69) is 37.2 Å². The maximum Gasteiger partial charge on any atom is 0.354 e. The van der Waals surface area contributed by atoms with Crippen LogP contribution >= 0.6 is 0 Å². The number of aromatic nitrogens is 1. The highest BCUT2D eigenvalue weighted by molar-refractivity contribution is 5.98. The van der Waals surface area contributed by atoms with Crippen molar-refractivity contribution in [2.45, 2.75) is 26.3 Å². The summed E-state index contributed by atoms with van der Waals surface area (Å²) in [6.07, 6.45) is 1.80. The van der Waals surface area contributed by atoms with E-state index in [1.165, 1.54) is 0 Å². The van der Waals surface area contributed by atoms with Gasteiger partial charge in [-0.15, -0.1) is 6.58 Å². The molecule has 1 heterocycles. The molecule has 0 aliphatic carbocycles. The van der Waals surface area contributed by atoms with Gasteiger partial charge in [0.25, 0.3) is 0 Å². The predicted octanol–water partition coefficient (Wildman–Crippen LogP) is 3.72. The quantitative estimate of drug-likeness (QED) is 0.869. The van der Waals surface area contributed by atoms with Crippen LogP contribution in [0.15, 0.2) is 43.0 Å². The third kappa shape index (κ3) is 3.05. The number of carboxylic acids is 1. The molecule has 2 rings (SSSR count). The van der Waals surface area contributed by atoms with Crippen molar-refractivity contribution in [2.75, 3.05) is 11.4 Å². The van der Waals surface area contributed by atoms with Gasteiger partial charge in [-0.2, -0.15) is 0 Å². The molecule has 0 aliphatic rings. The molecule has 0 saturated heterocycles. The molecule has 2 aromatic rings. The highest BCUT2D eigenvalue weighted by Gasteiger charge is 2.24. The standard InChI is InChI=1S/C17H20N2O2/c1-5-10-19(17(2,3)4)15-13-9-7-6-8-12(13)11-14(18-15)16(20)21/h5-9,11H,1,10H2,2-4H3,(H,20,21). The van der Waals surface area contributed by atoms with E-state index in [0.717, 1.165) is 10.8 Å². The summed E-state index contributed by atoms with van der Waals surface area (Å²) in [5.41, 5.74) is -0.136. The molecular weight excluding hydrogens is 264 g/mol. The van der Waals surface area contributed by atoms with E-state index < -0.39 is 5.97 Å². The number of hydrogen-bond donors (Lipinski definition) is 1. The number of rotatable bonds is 4. The lowest BCUT2D eigenvalue weighted by Crippen LogP contribution is -2.42. The van der Waals surface area contributed by atoms with Crippen molar-refractivity contribution in [3.8, 4) is 0 Å². The van der Waals surface area contributed by atoms with Gasteiger partial charge < -0.3 is 10.0 Å². The molecule has 1 N–H and O–H groups in total. The molecule has 1 aromatic heterocycles. The van der Waals surface area contributed by atoms with E-state index in [4.69, 9.17) is 0 Å². The third-order valence-electron chi connectivity index (χ3n) is 3.32. The first kappa shape index (κ1) is 15.0. The monoisotopic (exact) mass is 284 g/mol. The van der Waals surface area contributed by atoms with Gasteiger partial charge in [-0.3, -0.25) is 0 Å². The van der Waals surface area contributed by atoms with Crippen LogP contribution in [0.2, 0.25) is 0 Å². The number of carboxylic acid groups (broad SMARTS) is 1. The fourth-order valence-electron chi connectivity index (χ4n) is 2.30. The van der Waals surface area contributed by atoms with Crippen LogP contribution in [-0.4, -0.2) is 28.1 Å². The van der Waals surface area contributed by atoms with Crippen LogP contribution in [0, 0.1) is 0 Å². The fourth-order valence-corrected chi connectivity index (χ4v) is 2.30. The first-order valence-corrected chi connectivity index (χ1v) is 6.86. The number of carbonyl (C=O) groups is 1. The molecule has 21 heavy (non-hydrogen) atoms. The first-order chi connectivity index (χ1) is 9.84. The SMILES string of the molecule is C=CCN(c1nc(C(=O)O)cc2ccccc12)C(C)(C)C. The van der Waals surface area contributed by atoms with Gasteiger partial charge in [-0.25, -0.2) is 9.78 Å². The van der Waals surface area contributed by atoms with Crippen molar-refractivity contribution in [1.29, 1.82) is 0 Å². The van der Waals surface area contributed by atoms with Gasteiger partial charge in [0, 0.05) is 17.5 Å². The van der Waals surface area contributed by atoms with Crippen molar-refractivity contribution in [2.24, 2.45) is 0 Å². The lowest BCUT2D eigenvalue weighted by Gasteiger charge is -2.36. The van der Waals surface area contributed by atoms with Gasteiger partial charge in [-0.1, -0.05) is 30.3 Å². The Balaban J connectivity index is 2.75. The van der Waals surface area contributed by atoms with E-state index in [9.17, 15) is 9.90 Å². The maximum absolute atomic E-state index is 11.3. The zero-order valence-electron chi connectivity index (χ0n) is 12.6. The Morgan fingerprint density at radius 3 is 2.62 bits per heavy atom. The molecule has 0 bridgehead atoms. The molecular formula is C17H20N2O2. The molecule has 110 valence electrons. The second-order valence-electron chi connectivity index (χ2n) is 5.93. The largest absolute Gasteiger partial charge is 0.477 e. The molecule has 0 amide bonds. The summed E-state index contributed by atoms with van der Waals surface area (Å²) in [7, 11) is 0. The number of benzene rings is 1. The van der Waals surface area contributed by atoms with Crippen LogP contribution in [-0.2, 0) is 0 Å². The van der Waals surface area contributed by atoms with Crippen molar-refractivity contribution in [3.05, 3.63) is 48.7 Å². The molecule has 0 spiro atoms. The molecule has 0 aliphatic heterocycles. The topological polar surface area (TPSA) is 53.4 Å². The lowest BCUT2D eigenvalue weighted by atomic mass is 10.0. The second kappa shape index (κ2) is 5.56. The Morgan fingerprint density at radius 2 is 2.05 bits per heavy atom.